The van der Waals surface area contributed by atoms with E-state index in [2.05, 4.69) is 73.0 Å². The summed E-state index contributed by atoms with van der Waals surface area (Å²) in [7, 11) is 0. The van der Waals surface area contributed by atoms with Gasteiger partial charge in [-0.1, -0.05) is 50.2 Å². The molecule has 2 N–H and O–H groups in total. The molecule has 1 spiro atoms. The van der Waals surface area contributed by atoms with Crippen molar-refractivity contribution in [2.75, 3.05) is 16.8 Å². The average molecular weight is 366 g/mol. The average Bonchev–Trinajstić information content (AvgIpc) is 2.67. The second-order valence-corrected chi connectivity index (χ2v) is 8.77. The second-order valence-electron chi connectivity index (χ2n) is 7.55. The Morgan fingerprint density at radius 1 is 1.08 bits per heavy atom. The lowest BCUT2D eigenvalue weighted by atomic mass is 9.88. The van der Waals surface area contributed by atoms with E-state index in [1.807, 2.05) is 11.8 Å². The first-order valence-corrected chi connectivity index (χ1v) is 10.7. The third-order valence-corrected chi connectivity index (χ3v) is 6.40. The highest BCUT2D eigenvalue weighted by Gasteiger charge is 2.40. The van der Waals surface area contributed by atoms with Crippen molar-refractivity contribution < 1.29 is 0 Å². The van der Waals surface area contributed by atoms with Crippen LogP contribution >= 0.6 is 11.8 Å². The van der Waals surface area contributed by atoms with Crippen LogP contribution < -0.4 is 10.6 Å². The predicted molar refractivity (Wildman–Crippen MR) is 114 cm³/mol. The van der Waals surface area contributed by atoms with E-state index in [1.54, 1.807) is 0 Å². The largest absolute Gasteiger partial charge is 0.371 e. The fourth-order valence-electron chi connectivity index (χ4n) is 3.72. The van der Waals surface area contributed by atoms with E-state index >= 15 is 0 Å². The van der Waals surface area contributed by atoms with Gasteiger partial charge in [0.2, 0.25) is 0 Å². The van der Waals surface area contributed by atoms with Crippen molar-refractivity contribution in [2.24, 2.45) is 4.99 Å². The van der Waals surface area contributed by atoms with Crippen molar-refractivity contribution in [3.05, 3.63) is 59.7 Å². The van der Waals surface area contributed by atoms with E-state index in [4.69, 9.17) is 4.99 Å². The van der Waals surface area contributed by atoms with Crippen LogP contribution in [-0.2, 0) is 6.54 Å². The summed E-state index contributed by atoms with van der Waals surface area (Å²) < 4.78 is 0. The zero-order chi connectivity index (χ0) is 18.0. The first-order valence-electron chi connectivity index (χ1n) is 9.53. The number of thioether (sulfide) groups is 1. The summed E-state index contributed by atoms with van der Waals surface area (Å²) in [5, 5.41) is 7.48. The molecule has 2 aromatic carbocycles. The Balaban J connectivity index is 1.56. The Bertz CT molecular complexity index is 789. The van der Waals surface area contributed by atoms with E-state index in [1.165, 1.54) is 22.6 Å². The lowest BCUT2D eigenvalue weighted by Crippen LogP contribution is -2.55. The number of para-hydroxylation sites is 2. The van der Waals surface area contributed by atoms with Crippen LogP contribution in [-0.4, -0.2) is 22.9 Å². The maximum absolute atomic E-state index is 5.02. The Morgan fingerprint density at radius 3 is 2.54 bits per heavy atom. The molecular formula is C22H27N3S. The van der Waals surface area contributed by atoms with E-state index in [0.29, 0.717) is 5.92 Å². The minimum absolute atomic E-state index is 0.0442. The van der Waals surface area contributed by atoms with Gasteiger partial charge in [0.25, 0.3) is 0 Å². The molecule has 0 radical (unpaired) electrons. The fraction of sp³-hybridized carbons (Fsp3) is 0.409. The van der Waals surface area contributed by atoms with Gasteiger partial charge in [0.15, 0.2) is 0 Å². The molecule has 26 heavy (non-hydrogen) atoms. The molecule has 0 aliphatic carbocycles. The molecule has 0 aromatic heterocycles. The molecule has 0 unspecified atom stereocenters. The van der Waals surface area contributed by atoms with Gasteiger partial charge in [-0.25, -0.2) is 4.99 Å². The van der Waals surface area contributed by atoms with Crippen LogP contribution in [0.2, 0.25) is 0 Å². The lowest BCUT2D eigenvalue weighted by molar-refractivity contribution is 0.543. The summed E-state index contributed by atoms with van der Waals surface area (Å²) in [4.78, 5) is 5.02. The van der Waals surface area contributed by atoms with Crippen molar-refractivity contribution in [3.63, 3.8) is 0 Å². The van der Waals surface area contributed by atoms with Gasteiger partial charge in [-0.2, -0.15) is 11.8 Å². The number of hydrogen-bond acceptors (Lipinski definition) is 4. The van der Waals surface area contributed by atoms with E-state index in [0.717, 1.165) is 36.6 Å². The van der Waals surface area contributed by atoms with Gasteiger partial charge in [-0.05, 0) is 53.5 Å². The molecule has 3 nitrogen and oxygen atoms in total. The Hall–Kier alpha value is -1.94. The Labute approximate surface area is 160 Å². The monoisotopic (exact) mass is 365 g/mol. The minimum Gasteiger partial charge on any atom is -0.371 e. The van der Waals surface area contributed by atoms with Gasteiger partial charge in [0, 0.05) is 6.54 Å². The van der Waals surface area contributed by atoms with Gasteiger partial charge >= 0.3 is 0 Å². The summed E-state index contributed by atoms with van der Waals surface area (Å²) >= 11 is 2.04. The molecule has 0 bridgehead atoms. The van der Waals surface area contributed by atoms with Crippen molar-refractivity contribution in [1.29, 1.82) is 0 Å². The van der Waals surface area contributed by atoms with Crippen LogP contribution in [0.4, 0.5) is 11.4 Å². The van der Waals surface area contributed by atoms with Crippen LogP contribution in [0.3, 0.4) is 0 Å². The van der Waals surface area contributed by atoms with Crippen LogP contribution in [0, 0.1) is 0 Å². The number of benzene rings is 2. The number of fused-ring (bicyclic) bond motifs is 1. The maximum Gasteiger partial charge on any atom is 0.128 e. The molecule has 1 fully saturated rings. The Kier molecular flexibility index (Phi) is 4.94. The molecule has 0 atom stereocenters. The molecule has 4 rings (SSSR count). The number of aliphatic imine (C=N–C) groups is 1. The normalized spacial score (nSPS) is 18.2. The third kappa shape index (κ3) is 3.48. The highest BCUT2D eigenvalue weighted by molar-refractivity contribution is 7.99. The molecule has 2 aliphatic rings. The third-order valence-electron chi connectivity index (χ3n) is 5.42. The van der Waals surface area contributed by atoms with Crippen LogP contribution in [0.25, 0.3) is 0 Å². The highest BCUT2D eigenvalue weighted by atomic mass is 32.2. The van der Waals surface area contributed by atoms with Crippen molar-refractivity contribution in [2.45, 2.75) is 44.7 Å². The van der Waals surface area contributed by atoms with Crippen molar-refractivity contribution >= 4 is 29.0 Å². The highest BCUT2D eigenvalue weighted by Crippen LogP contribution is 2.39. The van der Waals surface area contributed by atoms with Gasteiger partial charge in [-0.3, -0.25) is 0 Å². The van der Waals surface area contributed by atoms with E-state index in [9.17, 15) is 0 Å². The van der Waals surface area contributed by atoms with Gasteiger partial charge in [-0.15, -0.1) is 0 Å². The smallest absolute Gasteiger partial charge is 0.128 e. The summed E-state index contributed by atoms with van der Waals surface area (Å²) in [6.07, 6.45) is 2.23. The zero-order valence-electron chi connectivity index (χ0n) is 15.6. The van der Waals surface area contributed by atoms with Gasteiger partial charge < -0.3 is 10.6 Å². The first-order chi connectivity index (χ1) is 12.7. The number of amidine groups is 1. The first kappa shape index (κ1) is 17.5. The van der Waals surface area contributed by atoms with Crippen LogP contribution in [0.1, 0.15) is 43.7 Å². The number of anilines is 1. The summed E-state index contributed by atoms with van der Waals surface area (Å²) in [6, 6.07) is 17.3. The molecule has 0 saturated carbocycles. The van der Waals surface area contributed by atoms with E-state index < -0.39 is 0 Å². The summed E-state index contributed by atoms with van der Waals surface area (Å²) in [5.74, 6) is 4.03. The number of nitrogens with zero attached hydrogens (tertiary/aromatic N) is 1. The van der Waals surface area contributed by atoms with Crippen LogP contribution in [0.5, 0.6) is 0 Å². The van der Waals surface area contributed by atoms with Gasteiger partial charge in [0.1, 0.15) is 5.84 Å². The van der Waals surface area contributed by atoms with Crippen molar-refractivity contribution in [1.82, 2.24) is 5.32 Å². The molecule has 2 aromatic rings. The molecule has 0 amide bonds. The number of rotatable bonds is 3. The Morgan fingerprint density at radius 2 is 1.81 bits per heavy atom. The standard InChI is InChI=1S/C22H27N3S/c1-16(2)18-9-7-17(8-10-18)15-23-21-22(11-13-26-14-12-22)25-20-6-4-3-5-19(20)24-21/h3-10,16,25H,11-15H2,1-2H3,(H,23,24). The van der Waals surface area contributed by atoms with E-state index in [-0.39, 0.29) is 5.54 Å². The molecule has 1 saturated heterocycles. The second kappa shape index (κ2) is 7.36. The molecule has 2 aliphatic heterocycles. The van der Waals surface area contributed by atoms with Gasteiger partial charge in [0.05, 0.1) is 16.9 Å². The fourth-order valence-corrected chi connectivity index (χ4v) is 4.91. The lowest BCUT2D eigenvalue weighted by Gasteiger charge is -2.42. The predicted octanol–water partition coefficient (Wildman–Crippen LogP) is 5.32. The quantitative estimate of drug-likeness (QED) is 0.773. The summed E-state index contributed by atoms with van der Waals surface area (Å²) in [5.41, 5.74) is 4.84. The number of hydrogen-bond donors (Lipinski definition) is 2. The zero-order valence-corrected chi connectivity index (χ0v) is 16.4. The minimum atomic E-state index is -0.0442. The van der Waals surface area contributed by atoms with Crippen molar-refractivity contribution in [3.8, 4) is 0 Å². The molecule has 4 heteroatoms. The molecule has 136 valence electrons. The molecular weight excluding hydrogens is 338 g/mol. The number of nitrogens with one attached hydrogen (secondary N) is 2. The summed E-state index contributed by atoms with van der Waals surface area (Å²) in [6.45, 7) is 5.28. The topological polar surface area (TPSA) is 36.4 Å². The molecule has 2 heterocycles. The van der Waals surface area contributed by atoms with Crippen LogP contribution in [0.15, 0.2) is 53.5 Å². The SMILES string of the molecule is CC(C)c1ccc(CNC2=Nc3ccccc3NC23CCSCC3)cc1. The maximum atomic E-state index is 5.02.